The van der Waals surface area contributed by atoms with Crippen molar-refractivity contribution in [3.8, 4) is 0 Å². The van der Waals surface area contributed by atoms with E-state index in [1.165, 1.54) is 23.8 Å². The van der Waals surface area contributed by atoms with Crippen LogP contribution in [0.15, 0.2) is 60.7 Å². The average molecular weight is 365 g/mol. The minimum absolute atomic E-state index is 0.00392. The fraction of sp³-hybridized carbons (Fsp3) is 0.286. The molecule has 0 aliphatic carbocycles. The van der Waals surface area contributed by atoms with Gasteiger partial charge in [0.1, 0.15) is 0 Å². The van der Waals surface area contributed by atoms with Crippen LogP contribution in [0.5, 0.6) is 0 Å². The van der Waals surface area contributed by atoms with Crippen molar-refractivity contribution in [1.82, 2.24) is 10.2 Å². The Balaban J connectivity index is 1.48. The molecule has 1 fully saturated rings. The quantitative estimate of drug-likeness (QED) is 0.484. The number of amides is 1. The van der Waals surface area contributed by atoms with E-state index in [0.717, 1.165) is 32.5 Å². The van der Waals surface area contributed by atoms with E-state index in [1.807, 2.05) is 18.2 Å². The van der Waals surface area contributed by atoms with Crippen LogP contribution in [0.3, 0.4) is 0 Å². The van der Waals surface area contributed by atoms with E-state index >= 15 is 0 Å². The molecule has 140 valence electrons. The van der Waals surface area contributed by atoms with Crippen LogP contribution < -0.4 is 5.32 Å². The number of nitro benzene ring substituents is 1. The molecule has 1 heterocycles. The third-order valence-corrected chi connectivity index (χ3v) is 4.73. The van der Waals surface area contributed by atoms with Gasteiger partial charge in [0.05, 0.1) is 10.5 Å². The standard InChI is InChI=1S/C21H23N3O3/c25-21(11-10-18-8-4-5-9-20(18)24(26)27)22-19-12-14-23(15-13-19)16-17-6-2-1-3-7-17/h1-11,19H,12-16H2,(H,22,25)/b11-10+. The van der Waals surface area contributed by atoms with Gasteiger partial charge in [-0.05, 0) is 30.5 Å². The summed E-state index contributed by atoms with van der Waals surface area (Å²) in [4.78, 5) is 25.1. The number of rotatable bonds is 6. The Kier molecular flexibility index (Phi) is 6.33. The van der Waals surface area contributed by atoms with Crippen LogP contribution in [-0.2, 0) is 11.3 Å². The van der Waals surface area contributed by atoms with Crippen molar-refractivity contribution in [3.05, 3.63) is 81.9 Å². The van der Waals surface area contributed by atoms with Crippen LogP contribution in [0.2, 0.25) is 0 Å². The zero-order chi connectivity index (χ0) is 19.1. The first-order chi connectivity index (χ1) is 13.1. The van der Waals surface area contributed by atoms with Crippen molar-refractivity contribution in [2.24, 2.45) is 0 Å². The molecule has 0 bridgehead atoms. The molecule has 1 aliphatic heterocycles. The maximum atomic E-state index is 12.2. The van der Waals surface area contributed by atoms with Gasteiger partial charge >= 0.3 is 0 Å². The second-order valence-electron chi connectivity index (χ2n) is 6.69. The third kappa shape index (κ3) is 5.49. The molecule has 0 saturated carbocycles. The van der Waals surface area contributed by atoms with Crippen molar-refractivity contribution in [1.29, 1.82) is 0 Å². The first kappa shape index (κ1) is 18.8. The summed E-state index contributed by atoms with van der Waals surface area (Å²) >= 11 is 0. The summed E-state index contributed by atoms with van der Waals surface area (Å²) in [6, 6.07) is 16.9. The number of nitro groups is 1. The summed E-state index contributed by atoms with van der Waals surface area (Å²) < 4.78 is 0. The molecule has 0 spiro atoms. The van der Waals surface area contributed by atoms with E-state index < -0.39 is 4.92 Å². The Morgan fingerprint density at radius 3 is 2.48 bits per heavy atom. The van der Waals surface area contributed by atoms with Crippen molar-refractivity contribution in [3.63, 3.8) is 0 Å². The van der Waals surface area contributed by atoms with Crippen LogP contribution in [0, 0.1) is 10.1 Å². The molecule has 1 aliphatic rings. The highest BCUT2D eigenvalue weighted by molar-refractivity contribution is 5.92. The molecule has 0 atom stereocenters. The van der Waals surface area contributed by atoms with Crippen molar-refractivity contribution < 1.29 is 9.72 Å². The molecule has 1 amide bonds. The lowest BCUT2D eigenvalue weighted by atomic mass is 10.0. The van der Waals surface area contributed by atoms with Crippen LogP contribution >= 0.6 is 0 Å². The van der Waals surface area contributed by atoms with Crippen molar-refractivity contribution in [2.75, 3.05) is 13.1 Å². The number of nitrogens with one attached hydrogen (secondary N) is 1. The number of likely N-dealkylation sites (tertiary alicyclic amines) is 1. The number of para-hydroxylation sites is 1. The lowest BCUT2D eigenvalue weighted by Gasteiger charge is -2.32. The molecule has 0 unspecified atom stereocenters. The van der Waals surface area contributed by atoms with Crippen LogP contribution in [0.1, 0.15) is 24.0 Å². The Hall–Kier alpha value is -2.99. The summed E-state index contributed by atoms with van der Waals surface area (Å²) in [5, 5.41) is 14.0. The van der Waals surface area contributed by atoms with Gasteiger partial charge in [-0.25, -0.2) is 0 Å². The summed E-state index contributed by atoms with van der Waals surface area (Å²) in [5.41, 5.74) is 1.72. The number of carbonyl (C=O) groups is 1. The first-order valence-electron chi connectivity index (χ1n) is 9.10. The van der Waals surface area contributed by atoms with E-state index in [-0.39, 0.29) is 17.6 Å². The normalized spacial score (nSPS) is 15.7. The molecule has 1 saturated heterocycles. The number of nitrogens with zero attached hydrogens (tertiary/aromatic N) is 2. The van der Waals surface area contributed by atoms with Gasteiger partial charge in [0.25, 0.3) is 5.69 Å². The Morgan fingerprint density at radius 1 is 1.11 bits per heavy atom. The van der Waals surface area contributed by atoms with Crippen LogP contribution in [0.25, 0.3) is 6.08 Å². The molecule has 2 aromatic rings. The minimum Gasteiger partial charge on any atom is -0.350 e. The topological polar surface area (TPSA) is 75.5 Å². The van der Waals surface area contributed by atoms with Gasteiger partial charge < -0.3 is 5.32 Å². The fourth-order valence-corrected chi connectivity index (χ4v) is 3.29. The van der Waals surface area contributed by atoms with E-state index in [4.69, 9.17) is 0 Å². The highest BCUT2D eigenvalue weighted by Crippen LogP contribution is 2.19. The van der Waals surface area contributed by atoms with Crippen LogP contribution in [-0.4, -0.2) is 34.9 Å². The maximum absolute atomic E-state index is 12.2. The average Bonchev–Trinajstić information content (AvgIpc) is 2.69. The predicted molar refractivity (Wildman–Crippen MR) is 105 cm³/mol. The molecule has 0 aromatic heterocycles. The first-order valence-corrected chi connectivity index (χ1v) is 9.10. The molecular formula is C21H23N3O3. The summed E-state index contributed by atoms with van der Waals surface area (Å²) in [5.74, 6) is -0.213. The molecule has 0 radical (unpaired) electrons. The molecule has 6 nitrogen and oxygen atoms in total. The Morgan fingerprint density at radius 2 is 1.78 bits per heavy atom. The van der Waals surface area contributed by atoms with Gasteiger partial charge in [-0.3, -0.25) is 19.8 Å². The number of carbonyl (C=O) groups excluding carboxylic acids is 1. The highest BCUT2D eigenvalue weighted by atomic mass is 16.6. The van der Waals surface area contributed by atoms with E-state index in [9.17, 15) is 14.9 Å². The lowest BCUT2D eigenvalue weighted by molar-refractivity contribution is -0.385. The van der Waals surface area contributed by atoms with Crippen molar-refractivity contribution in [2.45, 2.75) is 25.4 Å². The van der Waals surface area contributed by atoms with Gasteiger partial charge in [0.2, 0.25) is 5.91 Å². The Labute approximate surface area is 158 Å². The van der Waals surface area contributed by atoms with Gasteiger partial charge in [-0.2, -0.15) is 0 Å². The monoisotopic (exact) mass is 365 g/mol. The largest absolute Gasteiger partial charge is 0.350 e. The molecule has 1 N–H and O–H groups in total. The highest BCUT2D eigenvalue weighted by Gasteiger charge is 2.20. The second kappa shape index (κ2) is 9.09. The van der Waals surface area contributed by atoms with E-state index in [1.54, 1.807) is 18.2 Å². The smallest absolute Gasteiger partial charge is 0.276 e. The summed E-state index contributed by atoms with van der Waals surface area (Å²) in [7, 11) is 0. The van der Waals surface area contributed by atoms with Gasteiger partial charge in [0, 0.05) is 37.8 Å². The third-order valence-electron chi connectivity index (χ3n) is 4.73. The molecular weight excluding hydrogens is 342 g/mol. The zero-order valence-electron chi connectivity index (χ0n) is 15.1. The second-order valence-corrected chi connectivity index (χ2v) is 6.69. The molecule has 2 aromatic carbocycles. The predicted octanol–water partition coefficient (Wildman–Crippen LogP) is 3.39. The number of benzene rings is 2. The maximum Gasteiger partial charge on any atom is 0.276 e. The molecule has 3 rings (SSSR count). The number of piperidine rings is 1. The molecule has 27 heavy (non-hydrogen) atoms. The number of hydrogen-bond acceptors (Lipinski definition) is 4. The van der Waals surface area contributed by atoms with E-state index in [0.29, 0.717) is 5.56 Å². The number of hydrogen-bond donors (Lipinski definition) is 1. The van der Waals surface area contributed by atoms with Gasteiger partial charge in [-0.1, -0.05) is 42.5 Å². The SMILES string of the molecule is O=C(/C=C/c1ccccc1[N+](=O)[O-])NC1CCN(Cc2ccccc2)CC1. The van der Waals surface area contributed by atoms with E-state index in [2.05, 4.69) is 22.3 Å². The lowest BCUT2D eigenvalue weighted by Crippen LogP contribution is -2.43. The summed E-state index contributed by atoms with van der Waals surface area (Å²) in [6.07, 6.45) is 4.67. The fourth-order valence-electron chi connectivity index (χ4n) is 3.29. The van der Waals surface area contributed by atoms with Crippen LogP contribution in [0.4, 0.5) is 5.69 Å². The van der Waals surface area contributed by atoms with Gasteiger partial charge in [-0.15, -0.1) is 0 Å². The Bertz CT molecular complexity index is 812. The zero-order valence-corrected chi connectivity index (χ0v) is 15.1. The molecule has 6 heteroatoms. The van der Waals surface area contributed by atoms with Gasteiger partial charge in [0.15, 0.2) is 0 Å². The minimum atomic E-state index is -0.444. The summed E-state index contributed by atoms with van der Waals surface area (Å²) in [6.45, 7) is 2.81. The van der Waals surface area contributed by atoms with Crippen molar-refractivity contribution >= 4 is 17.7 Å².